The first-order valence-corrected chi connectivity index (χ1v) is 9.22. The van der Waals surface area contributed by atoms with Crippen molar-refractivity contribution in [2.45, 2.75) is 29.4 Å². The number of phenols is 1. The first-order valence-electron chi connectivity index (χ1n) is 6.95. The van der Waals surface area contributed by atoms with Crippen LogP contribution in [0.1, 0.15) is 19.3 Å². The lowest BCUT2D eigenvalue weighted by molar-refractivity contribution is 0.234. The highest BCUT2D eigenvalue weighted by Crippen LogP contribution is 2.31. The van der Waals surface area contributed by atoms with Gasteiger partial charge in [0, 0.05) is 10.1 Å². The number of aromatic hydroxyl groups is 1. The first-order chi connectivity index (χ1) is 9.28. The van der Waals surface area contributed by atoms with E-state index in [0.717, 1.165) is 5.25 Å². The summed E-state index contributed by atoms with van der Waals surface area (Å²) in [5, 5.41) is 10.0. The Kier molecular flexibility index (Phi) is 6.41. The van der Waals surface area contributed by atoms with Crippen molar-refractivity contribution in [2.24, 2.45) is 0 Å². The van der Waals surface area contributed by atoms with Gasteiger partial charge in [-0.2, -0.15) is 11.8 Å². The van der Waals surface area contributed by atoms with Crippen molar-refractivity contribution in [3.63, 3.8) is 0 Å². The SMILES string of the molecule is CSCCCN1CCC(Sc2ccc(O)cc2)CC1. The zero-order valence-corrected chi connectivity index (χ0v) is 13.2. The Hall–Kier alpha value is -0.320. The first kappa shape index (κ1) is 15.1. The van der Waals surface area contributed by atoms with Crippen molar-refractivity contribution >= 4 is 23.5 Å². The highest BCUT2D eigenvalue weighted by molar-refractivity contribution is 8.00. The van der Waals surface area contributed by atoms with E-state index >= 15 is 0 Å². The van der Waals surface area contributed by atoms with Crippen LogP contribution in [0.5, 0.6) is 5.75 Å². The van der Waals surface area contributed by atoms with Gasteiger partial charge in [-0.25, -0.2) is 0 Å². The summed E-state index contributed by atoms with van der Waals surface area (Å²) in [5.74, 6) is 1.63. The second-order valence-corrected chi connectivity index (χ2v) is 7.36. The van der Waals surface area contributed by atoms with Gasteiger partial charge < -0.3 is 10.0 Å². The van der Waals surface area contributed by atoms with Gasteiger partial charge in [0.2, 0.25) is 0 Å². The zero-order chi connectivity index (χ0) is 13.5. The summed E-state index contributed by atoms with van der Waals surface area (Å²) in [6.45, 7) is 3.74. The molecule has 1 heterocycles. The second-order valence-electron chi connectivity index (χ2n) is 5.00. The van der Waals surface area contributed by atoms with Crippen molar-refractivity contribution in [3.05, 3.63) is 24.3 Å². The average molecular weight is 297 g/mol. The standard InChI is InChI=1S/C15H23NOS2/c1-18-12-2-9-16-10-7-15(8-11-16)19-14-5-3-13(17)4-6-14/h3-6,15,17H,2,7-12H2,1H3. The van der Waals surface area contributed by atoms with Crippen LogP contribution in [-0.2, 0) is 0 Å². The molecule has 19 heavy (non-hydrogen) atoms. The van der Waals surface area contributed by atoms with Crippen LogP contribution in [0.2, 0.25) is 0 Å². The molecule has 1 aliphatic rings. The summed E-state index contributed by atoms with van der Waals surface area (Å²) in [5.41, 5.74) is 0. The Balaban J connectivity index is 1.69. The number of nitrogens with zero attached hydrogens (tertiary/aromatic N) is 1. The largest absolute Gasteiger partial charge is 0.508 e. The molecule has 0 bridgehead atoms. The van der Waals surface area contributed by atoms with Gasteiger partial charge in [-0.05, 0) is 75.2 Å². The van der Waals surface area contributed by atoms with Gasteiger partial charge in [0.25, 0.3) is 0 Å². The third-order valence-electron chi connectivity index (χ3n) is 3.50. The molecular weight excluding hydrogens is 274 g/mol. The van der Waals surface area contributed by atoms with Crippen LogP contribution >= 0.6 is 23.5 Å². The molecule has 2 nitrogen and oxygen atoms in total. The lowest BCUT2D eigenvalue weighted by Crippen LogP contribution is -2.35. The molecule has 0 aliphatic carbocycles. The maximum absolute atomic E-state index is 9.28. The maximum atomic E-state index is 9.28. The van der Waals surface area contributed by atoms with Crippen molar-refractivity contribution in [2.75, 3.05) is 31.6 Å². The Morgan fingerprint density at radius 3 is 2.53 bits per heavy atom. The number of phenolic OH excluding ortho intramolecular Hbond substituents is 1. The molecule has 1 N–H and O–H groups in total. The Morgan fingerprint density at radius 2 is 1.89 bits per heavy atom. The molecule has 106 valence electrons. The number of benzene rings is 1. The molecular formula is C15H23NOS2. The summed E-state index contributed by atoms with van der Waals surface area (Å²) in [4.78, 5) is 3.88. The highest BCUT2D eigenvalue weighted by Gasteiger charge is 2.19. The third kappa shape index (κ3) is 5.28. The Bertz CT molecular complexity index is 361. The molecule has 1 saturated heterocycles. The zero-order valence-electron chi connectivity index (χ0n) is 11.5. The third-order valence-corrected chi connectivity index (χ3v) is 5.54. The fraction of sp³-hybridized carbons (Fsp3) is 0.600. The van der Waals surface area contributed by atoms with Gasteiger partial charge in [-0.1, -0.05) is 0 Å². The monoisotopic (exact) mass is 297 g/mol. The smallest absolute Gasteiger partial charge is 0.115 e. The number of hydrogen-bond donors (Lipinski definition) is 1. The molecule has 0 radical (unpaired) electrons. The minimum absolute atomic E-state index is 0.355. The number of rotatable bonds is 6. The van der Waals surface area contributed by atoms with E-state index in [2.05, 4.69) is 11.2 Å². The highest BCUT2D eigenvalue weighted by atomic mass is 32.2. The molecule has 2 rings (SSSR count). The summed E-state index contributed by atoms with van der Waals surface area (Å²) in [6.07, 6.45) is 6.06. The molecule has 0 atom stereocenters. The van der Waals surface area contributed by atoms with Gasteiger partial charge in [0.15, 0.2) is 0 Å². The summed E-state index contributed by atoms with van der Waals surface area (Å²) < 4.78 is 0. The molecule has 1 fully saturated rings. The van der Waals surface area contributed by atoms with Gasteiger partial charge in [-0.3, -0.25) is 0 Å². The van der Waals surface area contributed by atoms with E-state index in [1.807, 2.05) is 35.7 Å². The van der Waals surface area contributed by atoms with Crippen molar-refractivity contribution in [3.8, 4) is 5.75 Å². The molecule has 1 aromatic rings. The molecule has 0 saturated carbocycles. The molecule has 1 aliphatic heterocycles. The molecule has 4 heteroatoms. The fourth-order valence-electron chi connectivity index (χ4n) is 2.40. The maximum Gasteiger partial charge on any atom is 0.115 e. The van der Waals surface area contributed by atoms with Crippen LogP contribution in [0.15, 0.2) is 29.2 Å². The van der Waals surface area contributed by atoms with Crippen LogP contribution in [0.25, 0.3) is 0 Å². The van der Waals surface area contributed by atoms with E-state index in [9.17, 15) is 5.11 Å². The summed E-state index contributed by atoms with van der Waals surface area (Å²) in [7, 11) is 0. The normalized spacial score (nSPS) is 17.7. The van der Waals surface area contributed by atoms with E-state index in [1.54, 1.807) is 12.1 Å². The fourth-order valence-corrected chi connectivity index (χ4v) is 3.94. The minimum atomic E-state index is 0.355. The van der Waals surface area contributed by atoms with E-state index in [-0.39, 0.29) is 0 Å². The van der Waals surface area contributed by atoms with E-state index < -0.39 is 0 Å². The van der Waals surface area contributed by atoms with E-state index in [0.29, 0.717) is 5.75 Å². The number of piperidine rings is 1. The summed E-state index contributed by atoms with van der Waals surface area (Å²) in [6, 6.07) is 7.59. The van der Waals surface area contributed by atoms with E-state index in [4.69, 9.17) is 0 Å². The van der Waals surface area contributed by atoms with Crippen molar-refractivity contribution in [1.29, 1.82) is 0 Å². The van der Waals surface area contributed by atoms with Crippen LogP contribution < -0.4 is 0 Å². The van der Waals surface area contributed by atoms with Crippen LogP contribution in [0, 0.1) is 0 Å². The molecule has 0 aromatic heterocycles. The average Bonchev–Trinajstić information content (AvgIpc) is 2.44. The Morgan fingerprint density at radius 1 is 1.21 bits per heavy atom. The lowest BCUT2D eigenvalue weighted by atomic mass is 10.1. The predicted molar refractivity (Wildman–Crippen MR) is 86.4 cm³/mol. The Labute approximate surface area is 125 Å². The molecule has 0 spiro atoms. The number of thioether (sulfide) groups is 2. The van der Waals surface area contributed by atoms with Gasteiger partial charge in [0.1, 0.15) is 5.75 Å². The predicted octanol–water partition coefficient (Wildman–Crippen LogP) is 3.70. The molecule has 0 unspecified atom stereocenters. The number of hydrogen-bond acceptors (Lipinski definition) is 4. The molecule has 1 aromatic carbocycles. The van der Waals surface area contributed by atoms with Crippen LogP contribution in [0.3, 0.4) is 0 Å². The minimum Gasteiger partial charge on any atom is -0.508 e. The van der Waals surface area contributed by atoms with Crippen molar-refractivity contribution < 1.29 is 5.11 Å². The van der Waals surface area contributed by atoms with Gasteiger partial charge in [-0.15, -0.1) is 11.8 Å². The topological polar surface area (TPSA) is 23.5 Å². The quantitative estimate of drug-likeness (QED) is 0.809. The van der Waals surface area contributed by atoms with Crippen LogP contribution in [-0.4, -0.2) is 46.9 Å². The molecule has 0 amide bonds. The van der Waals surface area contributed by atoms with Crippen LogP contribution in [0.4, 0.5) is 0 Å². The number of likely N-dealkylation sites (tertiary alicyclic amines) is 1. The van der Waals surface area contributed by atoms with Gasteiger partial charge in [0.05, 0.1) is 0 Å². The van der Waals surface area contributed by atoms with E-state index in [1.165, 1.54) is 49.5 Å². The second kappa shape index (κ2) is 8.08. The van der Waals surface area contributed by atoms with Gasteiger partial charge >= 0.3 is 0 Å². The summed E-state index contributed by atoms with van der Waals surface area (Å²) >= 11 is 3.90. The van der Waals surface area contributed by atoms with Crippen molar-refractivity contribution in [1.82, 2.24) is 4.90 Å². The lowest BCUT2D eigenvalue weighted by Gasteiger charge is -2.31.